The summed E-state index contributed by atoms with van der Waals surface area (Å²) in [4.78, 5) is 18.1. The Hall–Kier alpha value is -3.36. The first kappa shape index (κ1) is 22.8. The fourth-order valence-electron chi connectivity index (χ4n) is 4.21. The van der Waals surface area contributed by atoms with Gasteiger partial charge >= 0.3 is 6.09 Å². The number of nitrogens with one attached hydrogen (secondary N) is 1. The highest BCUT2D eigenvalue weighted by atomic mass is 35.5. The van der Waals surface area contributed by atoms with Crippen LogP contribution in [0, 0.1) is 0 Å². The quantitative estimate of drug-likeness (QED) is 0.357. The third-order valence-corrected chi connectivity index (χ3v) is 5.92. The van der Waals surface area contributed by atoms with E-state index in [4.69, 9.17) is 32.7 Å². The van der Waals surface area contributed by atoms with Crippen LogP contribution in [0.25, 0.3) is 10.9 Å². The highest BCUT2D eigenvalue weighted by Crippen LogP contribution is 2.39. The molecule has 4 rings (SSSR count). The van der Waals surface area contributed by atoms with Gasteiger partial charge in [-0.2, -0.15) is 0 Å². The summed E-state index contributed by atoms with van der Waals surface area (Å²) >= 11 is 6.25. The molecule has 0 radical (unpaired) electrons. The van der Waals surface area contributed by atoms with Gasteiger partial charge in [-0.25, -0.2) is 10.6 Å². The maximum atomic E-state index is 12.8. The van der Waals surface area contributed by atoms with Crippen molar-refractivity contribution in [3.05, 3.63) is 76.7 Å². The minimum absolute atomic E-state index is 0.303. The molecule has 3 aromatic rings. The third kappa shape index (κ3) is 4.86. The van der Waals surface area contributed by atoms with Gasteiger partial charge in [0.2, 0.25) is 0 Å². The van der Waals surface area contributed by atoms with Crippen molar-refractivity contribution in [2.45, 2.75) is 19.4 Å². The number of hydrazine groups is 1. The van der Waals surface area contributed by atoms with Crippen LogP contribution < -0.4 is 16.3 Å². The van der Waals surface area contributed by atoms with E-state index in [1.807, 2.05) is 49.4 Å². The van der Waals surface area contributed by atoms with Gasteiger partial charge in [-0.15, -0.1) is 0 Å². The van der Waals surface area contributed by atoms with Gasteiger partial charge in [-0.1, -0.05) is 23.7 Å². The average molecular weight is 470 g/mol. The van der Waals surface area contributed by atoms with Crippen LogP contribution in [0.1, 0.15) is 29.8 Å². The van der Waals surface area contributed by atoms with E-state index in [0.717, 1.165) is 28.6 Å². The van der Waals surface area contributed by atoms with Crippen LogP contribution in [0.4, 0.5) is 4.79 Å². The summed E-state index contributed by atoms with van der Waals surface area (Å²) < 4.78 is 11.1. The van der Waals surface area contributed by atoms with Crippen molar-refractivity contribution in [3.8, 4) is 5.75 Å². The molecule has 2 heterocycles. The van der Waals surface area contributed by atoms with Gasteiger partial charge < -0.3 is 25.2 Å². The van der Waals surface area contributed by atoms with E-state index in [1.165, 1.54) is 16.8 Å². The monoisotopic (exact) mass is 469 g/mol. The predicted molar refractivity (Wildman–Crippen MR) is 129 cm³/mol. The molecule has 1 atom stereocenters. The fraction of sp³-hybridized carbons (Fsp3) is 0.292. The van der Waals surface area contributed by atoms with Crippen molar-refractivity contribution in [3.63, 3.8) is 0 Å². The van der Waals surface area contributed by atoms with Crippen molar-refractivity contribution < 1.29 is 14.3 Å². The minimum Gasteiger partial charge on any atom is -0.492 e. The summed E-state index contributed by atoms with van der Waals surface area (Å²) in [6.45, 7) is 3.59. The third-order valence-electron chi connectivity index (χ3n) is 5.68. The highest BCUT2D eigenvalue weighted by Gasteiger charge is 2.35. The molecule has 1 aliphatic heterocycles. The van der Waals surface area contributed by atoms with Crippen LogP contribution >= 0.6 is 11.6 Å². The number of fused-ring (bicyclic) bond motifs is 3. The van der Waals surface area contributed by atoms with Crippen molar-refractivity contribution in [2.75, 3.05) is 26.3 Å². The standard InChI is InChI=1S/C24H28ClN5O3/c1-2-32-24(31)30-11-9-19-20-15-17(25)5-8-21(20)28-22(19)23(30)16-3-6-18(7-4-16)33-14-13-29(27)12-10-26/h3-8,10,12,15,23,28H,2,9,11,13-14,26-27H2,1H3/b12-10-. The molecule has 33 heavy (non-hydrogen) atoms. The van der Waals surface area contributed by atoms with Gasteiger partial charge in [0.25, 0.3) is 0 Å². The zero-order valence-electron chi connectivity index (χ0n) is 18.5. The number of nitrogens with two attached hydrogens (primary N) is 2. The van der Waals surface area contributed by atoms with Crippen molar-refractivity contribution in [1.82, 2.24) is 14.9 Å². The topological polar surface area (TPSA) is 110 Å². The molecule has 8 nitrogen and oxygen atoms in total. The number of H-pyrrole nitrogens is 1. The summed E-state index contributed by atoms with van der Waals surface area (Å²) in [5, 5.41) is 3.23. The van der Waals surface area contributed by atoms with Gasteiger partial charge in [0.1, 0.15) is 18.4 Å². The van der Waals surface area contributed by atoms with Crippen molar-refractivity contribution in [1.29, 1.82) is 0 Å². The zero-order valence-corrected chi connectivity index (χ0v) is 19.2. The summed E-state index contributed by atoms with van der Waals surface area (Å²) in [5.41, 5.74) is 9.44. The lowest BCUT2D eigenvalue weighted by Gasteiger charge is -2.35. The van der Waals surface area contributed by atoms with Crippen LogP contribution in [-0.2, 0) is 11.2 Å². The molecule has 1 unspecified atom stereocenters. The van der Waals surface area contributed by atoms with Gasteiger partial charge in [0.05, 0.1) is 13.2 Å². The summed E-state index contributed by atoms with van der Waals surface area (Å²) in [5.74, 6) is 6.46. The lowest BCUT2D eigenvalue weighted by molar-refractivity contribution is 0.0932. The van der Waals surface area contributed by atoms with Crippen LogP contribution in [0.3, 0.4) is 0 Å². The maximum absolute atomic E-state index is 12.8. The average Bonchev–Trinajstić information content (AvgIpc) is 3.17. The Bertz CT molecular complexity index is 1140. The van der Waals surface area contributed by atoms with E-state index >= 15 is 0 Å². The lowest BCUT2D eigenvalue weighted by Crippen LogP contribution is -2.40. The second kappa shape index (κ2) is 10.1. The Morgan fingerprint density at radius 3 is 2.82 bits per heavy atom. The van der Waals surface area contributed by atoms with Gasteiger partial charge in [0, 0.05) is 40.6 Å². The number of hydrogen-bond donors (Lipinski definition) is 3. The molecular formula is C24H28ClN5O3. The number of rotatable bonds is 7. The number of ether oxygens (including phenoxy) is 2. The Labute approximate surface area is 197 Å². The van der Waals surface area contributed by atoms with Crippen LogP contribution in [-0.4, -0.2) is 47.3 Å². The molecule has 0 fully saturated rings. The second-order valence-electron chi connectivity index (χ2n) is 7.75. The molecule has 0 bridgehead atoms. The molecule has 0 spiro atoms. The van der Waals surface area contributed by atoms with Crippen LogP contribution in [0.2, 0.25) is 5.02 Å². The van der Waals surface area contributed by atoms with E-state index < -0.39 is 0 Å². The molecule has 5 N–H and O–H groups in total. The Kier molecular flexibility index (Phi) is 6.96. The molecule has 0 saturated carbocycles. The molecule has 1 aromatic heterocycles. The Morgan fingerprint density at radius 1 is 1.30 bits per heavy atom. The zero-order chi connectivity index (χ0) is 23.4. The van der Waals surface area contributed by atoms with E-state index in [-0.39, 0.29) is 12.1 Å². The van der Waals surface area contributed by atoms with Gasteiger partial charge in [-0.3, -0.25) is 4.90 Å². The number of halogens is 1. The van der Waals surface area contributed by atoms with Crippen molar-refractivity contribution in [2.24, 2.45) is 11.6 Å². The Morgan fingerprint density at radius 2 is 2.09 bits per heavy atom. The van der Waals surface area contributed by atoms with E-state index in [1.54, 1.807) is 11.1 Å². The molecule has 0 saturated heterocycles. The number of carbonyl (C=O) groups is 1. The smallest absolute Gasteiger partial charge is 0.410 e. The number of benzene rings is 2. The molecule has 1 amide bonds. The highest BCUT2D eigenvalue weighted by molar-refractivity contribution is 6.31. The first-order valence-corrected chi connectivity index (χ1v) is 11.3. The minimum atomic E-state index is -0.332. The van der Waals surface area contributed by atoms with Crippen LogP contribution in [0.15, 0.2) is 54.9 Å². The molecule has 9 heteroatoms. The molecule has 174 valence electrons. The number of nitrogens with zero attached hydrogens (tertiary/aromatic N) is 2. The number of aromatic nitrogens is 1. The first-order chi connectivity index (χ1) is 16.0. The molecule has 0 aliphatic carbocycles. The number of aromatic amines is 1. The predicted octanol–water partition coefficient (Wildman–Crippen LogP) is 3.91. The lowest BCUT2D eigenvalue weighted by atomic mass is 9.92. The summed E-state index contributed by atoms with van der Waals surface area (Å²) in [6, 6.07) is 13.2. The molecule has 2 aromatic carbocycles. The largest absolute Gasteiger partial charge is 0.492 e. The number of amides is 1. The number of hydrogen-bond acceptors (Lipinski definition) is 6. The van der Waals surface area contributed by atoms with E-state index in [9.17, 15) is 4.79 Å². The Balaban J connectivity index is 1.63. The maximum Gasteiger partial charge on any atom is 0.410 e. The fourth-order valence-corrected chi connectivity index (χ4v) is 4.38. The molecule has 1 aliphatic rings. The number of carbonyl (C=O) groups excluding carboxylic acids is 1. The second-order valence-corrected chi connectivity index (χ2v) is 8.19. The SMILES string of the molecule is CCOC(=O)N1CCc2c([nH]c3ccc(Cl)cc23)C1c1ccc(OCCN(N)/C=C\N)cc1. The van der Waals surface area contributed by atoms with E-state index in [2.05, 4.69) is 4.98 Å². The first-order valence-electron chi connectivity index (χ1n) is 10.9. The summed E-state index contributed by atoms with van der Waals surface area (Å²) in [7, 11) is 0. The van der Waals surface area contributed by atoms with E-state index in [0.29, 0.717) is 37.1 Å². The molecular weight excluding hydrogens is 442 g/mol. The summed E-state index contributed by atoms with van der Waals surface area (Å²) in [6.07, 6.45) is 3.34. The van der Waals surface area contributed by atoms with Gasteiger partial charge in [0.15, 0.2) is 0 Å². The van der Waals surface area contributed by atoms with Crippen LogP contribution in [0.5, 0.6) is 5.75 Å². The van der Waals surface area contributed by atoms with Gasteiger partial charge in [-0.05, 0) is 54.8 Å². The van der Waals surface area contributed by atoms with Crippen molar-refractivity contribution >= 4 is 28.6 Å². The normalized spacial score (nSPS) is 15.6.